The summed E-state index contributed by atoms with van der Waals surface area (Å²) in [5, 5.41) is 1.74. The van der Waals surface area contributed by atoms with Crippen LogP contribution in [0.4, 0.5) is 0 Å². The molecule has 0 radical (unpaired) electrons. The predicted molar refractivity (Wildman–Crippen MR) is 152 cm³/mol. The summed E-state index contributed by atoms with van der Waals surface area (Å²) < 4.78 is 0. The Morgan fingerprint density at radius 3 is 2.12 bits per heavy atom. The summed E-state index contributed by atoms with van der Waals surface area (Å²) in [6.07, 6.45) is 8.08. The second-order valence-electron chi connectivity index (χ2n) is 10.5. The number of benzene rings is 3. The van der Waals surface area contributed by atoms with E-state index in [9.17, 15) is 0 Å². The number of halogens is 2. The number of rotatable bonds is 9. The van der Waals surface area contributed by atoms with Crippen molar-refractivity contribution < 1.29 is 0 Å². The molecular formula is C32H38Cl2. The van der Waals surface area contributed by atoms with Gasteiger partial charge in [0.1, 0.15) is 0 Å². The van der Waals surface area contributed by atoms with Crippen molar-refractivity contribution in [3.63, 3.8) is 0 Å². The number of aryl methyl sites for hydroxylation is 4. The summed E-state index contributed by atoms with van der Waals surface area (Å²) in [5.74, 6) is 0. The number of hydrogen-bond acceptors (Lipinski definition) is 0. The third kappa shape index (κ3) is 6.55. The molecule has 0 nitrogen and oxygen atoms in total. The fourth-order valence-electron chi connectivity index (χ4n) is 4.67. The molecule has 0 N–H and O–H groups in total. The van der Waals surface area contributed by atoms with E-state index in [4.69, 9.17) is 23.2 Å². The molecule has 3 aromatic rings. The van der Waals surface area contributed by atoms with Gasteiger partial charge in [0.15, 0.2) is 0 Å². The first-order chi connectivity index (χ1) is 16.1. The highest BCUT2D eigenvalue weighted by molar-refractivity contribution is 6.34. The molecule has 0 fully saturated rings. The highest BCUT2D eigenvalue weighted by Gasteiger charge is 2.15. The Bertz CT molecular complexity index is 1150. The maximum Gasteiger partial charge on any atom is 0.0516 e. The molecule has 2 heteroatoms. The second kappa shape index (κ2) is 11.6. The fraction of sp³-hybridized carbons (Fsp3) is 0.375. The molecule has 180 valence electrons. The van der Waals surface area contributed by atoms with Gasteiger partial charge < -0.3 is 0 Å². The Labute approximate surface area is 217 Å². The van der Waals surface area contributed by atoms with E-state index in [-0.39, 0.29) is 0 Å². The van der Waals surface area contributed by atoms with E-state index in [0.717, 1.165) is 47.7 Å². The first kappa shape index (κ1) is 26.6. The Kier molecular flexibility index (Phi) is 9.07. The molecule has 0 atom stereocenters. The van der Waals surface area contributed by atoms with E-state index in [1.165, 1.54) is 45.4 Å². The maximum atomic E-state index is 6.95. The van der Waals surface area contributed by atoms with Crippen molar-refractivity contribution in [1.82, 2.24) is 0 Å². The van der Waals surface area contributed by atoms with Gasteiger partial charge in [-0.25, -0.2) is 0 Å². The molecule has 34 heavy (non-hydrogen) atoms. The molecule has 0 heterocycles. The van der Waals surface area contributed by atoms with E-state index >= 15 is 0 Å². The zero-order chi connectivity index (χ0) is 24.9. The highest BCUT2D eigenvalue weighted by Crippen LogP contribution is 2.35. The Balaban J connectivity index is 1.83. The molecule has 0 aliphatic carbocycles. The SMILES string of the molecule is C=Cc1cc(CCc2cccc(-c3cccc(CCCC(C)(C)C)c3Cl)c2C)c(Cl)cc1CC. The summed E-state index contributed by atoms with van der Waals surface area (Å²) in [5.41, 5.74) is 10.2. The molecular weight excluding hydrogens is 455 g/mol. The third-order valence-electron chi connectivity index (χ3n) is 6.76. The van der Waals surface area contributed by atoms with Gasteiger partial charge in [0.2, 0.25) is 0 Å². The van der Waals surface area contributed by atoms with Crippen molar-refractivity contribution in [3.8, 4) is 11.1 Å². The lowest BCUT2D eigenvalue weighted by Crippen LogP contribution is -2.05. The van der Waals surface area contributed by atoms with Crippen molar-refractivity contribution >= 4 is 29.3 Å². The molecule has 0 saturated carbocycles. The van der Waals surface area contributed by atoms with Gasteiger partial charge in [0, 0.05) is 10.6 Å². The lowest BCUT2D eigenvalue weighted by Gasteiger charge is -2.19. The van der Waals surface area contributed by atoms with E-state index < -0.39 is 0 Å². The molecule has 0 aliphatic rings. The van der Waals surface area contributed by atoms with Gasteiger partial charge in [0.25, 0.3) is 0 Å². The lowest BCUT2D eigenvalue weighted by atomic mass is 9.88. The van der Waals surface area contributed by atoms with Crippen molar-refractivity contribution in [1.29, 1.82) is 0 Å². The monoisotopic (exact) mass is 492 g/mol. The van der Waals surface area contributed by atoms with Crippen LogP contribution in [0.2, 0.25) is 10.0 Å². The van der Waals surface area contributed by atoms with Crippen LogP contribution in [0.5, 0.6) is 0 Å². The topological polar surface area (TPSA) is 0 Å². The molecule has 3 aromatic carbocycles. The van der Waals surface area contributed by atoms with Crippen molar-refractivity contribution in [2.75, 3.05) is 0 Å². The summed E-state index contributed by atoms with van der Waals surface area (Å²) in [4.78, 5) is 0. The Morgan fingerprint density at radius 2 is 1.47 bits per heavy atom. The second-order valence-corrected chi connectivity index (χ2v) is 11.3. The molecule has 0 amide bonds. The van der Waals surface area contributed by atoms with Crippen LogP contribution in [0.25, 0.3) is 17.2 Å². The average molecular weight is 494 g/mol. The fourth-order valence-corrected chi connectivity index (χ4v) is 5.27. The van der Waals surface area contributed by atoms with Crippen molar-refractivity contribution in [2.24, 2.45) is 5.41 Å². The average Bonchev–Trinajstić information content (AvgIpc) is 2.79. The van der Waals surface area contributed by atoms with Crippen LogP contribution >= 0.6 is 23.2 Å². The maximum absolute atomic E-state index is 6.95. The molecule has 0 bridgehead atoms. The smallest absolute Gasteiger partial charge is 0.0516 e. The van der Waals surface area contributed by atoms with Crippen LogP contribution in [0.3, 0.4) is 0 Å². The first-order valence-corrected chi connectivity index (χ1v) is 13.2. The minimum Gasteiger partial charge on any atom is -0.0985 e. The zero-order valence-corrected chi connectivity index (χ0v) is 22.9. The first-order valence-electron chi connectivity index (χ1n) is 12.4. The van der Waals surface area contributed by atoms with E-state index in [0.29, 0.717) is 5.41 Å². The van der Waals surface area contributed by atoms with Crippen LogP contribution in [0.15, 0.2) is 55.1 Å². The predicted octanol–water partition coefficient (Wildman–Crippen LogP) is 10.3. The number of hydrogen-bond donors (Lipinski definition) is 0. The standard InChI is InChI=1S/C32H38Cl2/c1-7-23-20-27(30(33)21-24(23)8-2)18-17-25-12-9-15-28(22(25)3)29-16-10-13-26(31(29)34)14-11-19-32(4,5)6/h7,9-10,12-13,15-16,20-21H,1,8,11,14,17-19H2,2-6H3. The minimum atomic E-state index is 0.348. The van der Waals surface area contributed by atoms with Gasteiger partial charge in [-0.15, -0.1) is 0 Å². The molecule has 0 spiro atoms. The van der Waals surface area contributed by atoms with Gasteiger partial charge in [-0.3, -0.25) is 0 Å². The minimum absolute atomic E-state index is 0.348. The molecule has 0 aromatic heterocycles. The molecule has 3 rings (SSSR count). The van der Waals surface area contributed by atoms with Gasteiger partial charge in [-0.2, -0.15) is 0 Å². The molecule has 0 unspecified atom stereocenters. The van der Waals surface area contributed by atoms with Crippen LogP contribution in [0, 0.1) is 12.3 Å². The summed E-state index contributed by atoms with van der Waals surface area (Å²) in [6.45, 7) is 15.2. The van der Waals surface area contributed by atoms with Crippen molar-refractivity contribution in [3.05, 3.63) is 98.5 Å². The highest BCUT2D eigenvalue weighted by atomic mass is 35.5. The van der Waals surface area contributed by atoms with Gasteiger partial charge in [0.05, 0.1) is 5.02 Å². The Morgan fingerprint density at radius 1 is 0.824 bits per heavy atom. The van der Waals surface area contributed by atoms with E-state index in [2.05, 4.69) is 89.7 Å². The van der Waals surface area contributed by atoms with Crippen molar-refractivity contribution in [2.45, 2.75) is 73.1 Å². The zero-order valence-electron chi connectivity index (χ0n) is 21.4. The third-order valence-corrected chi connectivity index (χ3v) is 7.56. The Hall–Kier alpha value is -2.02. The van der Waals surface area contributed by atoms with Gasteiger partial charge in [-0.05, 0) is 95.9 Å². The largest absolute Gasteiger partial charge is 0.0985 e. The molecule has 0 aliphatic heterocycles. The summed E-state index contributed by atoms with van der Waals surface area (Å²) in [7, 11) is 0. The van der Waals surface area contributed by atoms with Crippen LogP contribution in [-0.2, 0) is 25.7 Å². The quantitative estimate of drug-likeness (QED) is 0.278. The summed E-state index contributed by atoms with van der Waals surface area (Å²) in [6, 6.07) is 17.3. The van der Waals surface area contributed by atoms with E-state index in [1.54, 1.807) is 0 Å². The normalized spacial score (nSPS) is 11.6. The van der Waals surface area contributed by atoms with Crippen LogP contribution in [-0.4, -0.2) is 0 Å². The van der Waals surface area contributed by atoms with E-state index in [1.807, 2.05) is 6.08 Å². The van der Waals surface area contributed by atoms with Crippen LogP contribution < -0.4 is 0 Å². The molecule has 0 saturated heterocycles. The lowest BCUT2D eigenvalue weighted by molar-refractivity contribution is 0.365. The van der Waals surface area contributed by atoms with Crippen LogP contribution in [0.1, 0.15) is 73.9 Å². The van der Waals surface area contributed by atoms with Gasteiger partial charge >= 0.3 is 0 Å². The summed E-state index contributed by atoms with van der Waals surface area (Å²) >= 11 is 13.6. The van der Waals surface area contributed by atoms with Gasteiger partial charge in [-0.1, -0.05) is 106 Å².